The van der Waals surface area contributed by atoms with Crippen molar-refractivity contribution in [2.45, 2.75) is 59.0 Å². The molecule has 1 rings (SSSR count). The molecule has 0 radical (unpaired) electrons. The lowest BCUT2D eigenvalue weighted by atomic mass is 9.88. The highest BCUT2D eigenvalue weighted by Gasteiger charge is 2.28. The van der Waals surface area contributed by atoms with E-state index >= 15 is 0 Å². The van der Waals surface area contributed by atoms with Crippen LogP contribution >= 0.6 is 0 Å². The predicted octanol–water partition coefficient (Wildman–Crippen LogP) is 3.10. The normalized spacial score (nSPS) is 12.0. The van der Waals surface area contributed by atoms with Gasteiger partial charge in [0, 0.05) is 24.3 Å². The van der Waals surface area contributed by atoms with Crippen LogP contribution in [0.4, 0.5) is 5.69 Å². The minimum atomic E-state index is -0.459. The molecule has 0 atom stereocenters. The summed E-state index contributed by atoms with van der Waals surface area (Å²) in [5.41, 5.74) is 11.3. The van der Waals surface area contributed by atoms with E-state index < -0.39 is 5.41 Å². The Kier molecular flexibility index (Phi) is 9.60. The fourth-order valence-electron chi connectivity index (χ4n) is 2.54. The molecule has 6 nitrogen and oxygen atoms in total. The van der Waals surface area contributed by atoms with Crippen molar-refractivity contribution in [3.8, 4) is 5.75 Å². The number of anilines is 1. The summed E-state index contributed by atoms with van der Waals surface area (Å²) in [5, 5.41) is 3.02. The first-order valence-corrected chi connectivity index (χ1v) is 9.77. The number of rotatable bonds is 13. The Morgan fingerprint density at radius 1 is 1.04 bits per heavy atom. The second-order valence-electron chi connectivity index (χ2n) is 8.16. The van der Waals surface area contributed by atoms with Crippen molar-refractivity contribution in [2.24, 2.45) is 11.1 Å². The van der Waals surface area contributed by atoms with Gasteiger partial charge in [-0.25, -0.2) is 0 Å². The first kappa shape index (κ1) is 23.2. The largest absolute Gasteiger partial charge is 0.494 e. The Morgan fingerprint density at radius 3 is 2.33 bits per heavy atom. The van der Waals surface area contributed by atoms with Crippen molar-refractivity contribution in [2.75, 3.05) is 32.0 Å². The zero-order chi connectivity index (χ0) is 20.3. The van der Waals surface area contributed by atoms with Gasteiger partial charge in [-0.05, 0) is 70.3 Å². The van der Waals surface area contributed by atoms with E-state index in [1.165, 1.54) is 0 Å². The minimum absolute atomic E-state index is 0.0576. The van der Waals surface area contributed by atoms with Gasteiger partial charge in [-0.15, -0.1) is 0 Å². The third-order valence-corrected chi connectivity index (χ3v) is 4.59. The van der Waals surface area contributed by atoms with Gasteiger partial charge in [0.1, 0.15) is 5.75 Å². The smallest absolute Gasteiger partial charge is 0.225 e. The zero-order valence-electron chi connectivity index (χ0n) is 17.3. The molecule has 0 unspecified atom stereocenters. The predicted molar refractivity (Wildman–Crippen MR) is 111 cm³/mol. The molecule has 0 bridgehead atoms. The maximum absolute atomic E-state index is 12.4. The van der Waals surface area contributed by atoms with E-state index in [2.05, 4.69) is 5.32 Å². The van der Waals surface area contributed by atoms with Gasteiger partial charge in [0.2, 0.25) is 5.91 Å². The summed E-state index contributed by atoms with van der Waals surface area (Å²) < 4.78 is 11.5. The average Bonchev–Trinajstić information content (AvgIpc) is 2.58. The zero-order valence-corrected chi connectivity index (χ0v) is 17.3. The highest BCUT2D eigenvalue weighted by Crippen LogP contribution is 2.23. The molecule has 0 aromatic heterocycles. The van der Waals surface area contributed by atoms with Gasteiger partial charge in [-0.2, -0.15) is 0 Å². The van der Waals surface area contributed by atoms with Crippen LogP contribution in [-0.2, 0) is 9.53 Å². The van der Waals surface area contributed by atoms with Crippen molar-refractivity contribution in [1.82, 2.24) is 5.32 Å². The van der Waals surface area contributed by atoms with E-state index in [0.717, 1.165) is 30.7 Å². The van der Waals surface area contributed by atoms with Crippen molar-refractivity contribution in [3.05, 3.63) is 24.3 Å². The maximum atomic E-state index is 12.4. The number of amides is 1. The number of hydrogen-bond donors (Lipinski definition) is 3. The number of ether oxygens (including phenoxy) is 2. The second-order valence-corrected chi connectivity index (χ2v) is 8.16. The van der Waals surface area contributed by atoms with E-state index in [-0.39, 0.29) is 11.5 Å². The van der Waals surface area contributed by atoms with E-state index in [1.807, 2.05) is 52.0 Å². The Morgan fingerprint density at radius 2 is 1.70 bits per heavy atom. The molecule has 0 saturated carbocycles. The SMILES string of the molecule is CC(C)(CCN)OCCC(C)(C)C(=O)NCCCCOc1ccc(N)cc1. The molecule has 0 heterocycles. The quantitative estimate of drug-likeness (QED) is 0.361. The number of nitrogens with two attached hydrogens (primary N) is 2. The molecule has 0 aliphatic rings. The summed E-state index contributed by atoms with van der Waals surface area (Å²) in [6.45, 7) is 10.4. The Labute approximate surface area is 164 Å². The molecule has 1 aromatic rings. The number of carbonyl (C=O) groups excluding carboxylic acids is 1. The molecular weight excluding hydrogens is 342 g/mol. The van der Waals surface area contributed by atoms with Gasteiger partial charge in [0.25, 0.3) is 0 Å². The average molecular weight is 380 g/mol. The number of nitrogens with one attached hydrogen (secondary N) is 1. The lowest BCUT2D eigenvalue weighted by Crippen LogP contribution is -2.39. The molecule has 154 valence electrons. The number of hydrogen-bond acceptors (Lipinski definition) is 5. The van der Waals surface area contributed by atoms with Crippen molar-refractivity contribution in [3.63, 3.8) is 0 Å². The number of benzene rings is 1. The monoisotopic (exact) mass is 379 g/mol. The number of unbranched alkanes of at least 4 members (excludes halogenated alkanes) is 1. The molecule has 1 amide bonds. The topological polar surface area (TPSA) is 99.6 Å². The Bertz CT molecular complexity index is 556. The highest BCUT2D eigenvalue weighted by atomic mass is 16.5. The van der Waals surface area contributed by atoms with Crippen LogP contribution < -0.4 is 21.5 Å². The lowest BCUT2D eigenvalue weighted by molar-refractivity contribution is -0.131. The molecule has 1 aromatic carbocycles. The van der Waals surface area contributed by atoms with Crippen molar-refractivity contribution < 1.29 is 14.3 Å². The van der Waals surface area contributed by atoms with E-state index in [9.17, 15) is 4.79 Å². The fourth-order valence-corrected chi connectivity index (χ4v) is 2.54. The number of nitrogen functional groups attached to an aromatic ring is 1. The van der Waals surface area contributed by atoms with E-state index in [0.29, 0.717) is 32.7 Å². The van der Waals surface area contributed by atoms with Gasteiger partial charge in [0.05, 0.1) is 12.2 Å². The summed E-state index contributed by atoms with van der Waals surface area (Å²) in [4.78, 5) is 12.4. The van der Waals surface area contributed by atoms with Crippen molar-refractivity contribution >= 4 is 11.6 Å². The fraction of sp³-hybridized carbons (Fsp3) is 0.667. The van der Waals surface area contributed by atoms with Gasteiger partial charge < -0.3 is 26.3 Å². The summed E-state index contributed by atoms with van der Waals surface area (Å²) >= 11 is 0. The molecule has 6 heteroatoms. The van der Waals surface area contributed by atoms with Crippen LogP contribution in [0.5, 0.6) is 5.75 Å². The van der Waals surface area contributed by atoms with Crippen LogP contribution in [0.15, 0.2) is 24.3 Å². The van der Waals surface area contributed by atoms with Crippen LogP contribution in [0, 0.1) is 5.41 Å². The first-order chi connectivity index (χ1) is 12.7. The van der Waals surface area contributed by atoms with Crippen LogP contribution in [-0.4, -0.2) is 37.8 Å². The summed E-state index contributed by atoms with van der Waals surface area (Å²) in [7, 11) is 0. The van der Waals surface area contributed by atoms with Crippen molar-refractivity contribution in [1.29, 1.82) is 0 Å². The molecule has 0 aliphatic heterocycles. The van der Waals surface area contributed by atoms with Crippen LogP contribution in [0.2, 0.25) is 0 Å². The van der Waals surface area contributed by atoms with Crippen LogP contribution in [0.25, 0.3) is 0 Å². The Balaban J connectivity index is 2.17. The molecule has 0 fully saturated rings. The second kappa shape index (κ2) is 11.1. The minimum Gasteiger partial charge on any atom is -0.494 e. The third kappa shape index (κ3) is 9.63. The maximum Gasteiger partial charge on any atom is 0.225 e. The summed E-state index contributed by atoms with van der Waals surface area (Å²) in [6.07, 6.45) is 3.23. The van der Waals surface area contributed by atoms with Gasteiger partial charge >= 0.3 is 0 Å². The van der Waals surface area contributed by atoms with E-state index in [1.54, 1.807) is 0 Å². The number of carbonyl (C=O) groups is 1. The van der Waals surface area contributed by atoms with Gasteiger partial charge in [0.15, 0.2) is 0 Å². The lowest BCUT2D eigenvalue weighted by Gasteiger charge is -2.28. The molecule has 0 spiro atoms. The van der Waals surface area contributed by atoms with Crippen LogP contribution in [0.3, 0.4) is 0 Å². The molecular formula is C21H37N3O3. The summed E-state index contributed by atoms with van der Waals surface area (Å²) in [5.74, 6) is 0.870. The standard InChI is InChI=1S/C21H37N3O3/c1-20(2,12-16-27-21(3,4)11-13-22)19(25)24-14-5-6-15-26-18-9-7-17(23)8-10-18/h7-10H,5-6,11-16,22-23H2,1-4H3,(H,24,25). The molecule has 0 saturated heterocycles. The van der Waals surface area contributed by atoms with Crippen LogP contribution in [0.1, 0.15) is 53.4 Å². The Hall–Kier alpha value is -1.79. The molecule has 0 aliphatic carbocycles. The first-order valence-electron chi connectivity index (χ1n) is 9.77. The van der Waals surface area contributed by atoms with Gasteiger partial charge in [-0.1, -0.05) is 13.8 Å². The summed E-state index contributed by atoms with van der Waals surface area (Å²) in [6, 6.07) is 7.35. The molecule has 5 N–H and O–H groups in total. The molecule has 27 heavy (non-hydrogen) atoms. The highest BCUT2D eigenvalue weighted by molar-refractivity contribution is 5.81. The third-order valence-electron chi connectivity index (χ3n) is 4.59. The van der Waals surface area contributed by atoms with E-state index in [4.69, 9.17) is 20.9 Å². The van der Waals surface area contributed by atoms with Gasteiger partial charge in [-0.3, -0.25) is 4.79 Å².